The Morgan fingerprint density at radius 2 is 1.78 bits per heavy atom. The monoisotopic (exact) mass is 497 g/mol. The predicted molar refractivity (Wildman–Crippen MR) is 139 cm³/mol. The van der Waals surface area contributed by atoms with Gasteiger partial charge in [0.2, 0.25) is 18.6 Å². The number of amides is 2. The molecule has 0 radical (unpaired) electrons. The minimum atomic E-state index is -0.434. The van der Waals surface area contributed by atoms with Gasteiger partial charge in [-0.1, -0.05) is 42.5 Å². The zero-order valence-corrected chi connectivity index (χ0v) is 20.4. The van der Waals surface area contributed by atoms with Crippen LogP contribution in [0.1, 0.15) is 11.3 Å². The lowest BCUT2D eigenvalue weighted by Crippen LogP contribution is -2.28. The van der Waals surface area contributed by atoms with Crippen LogP contribution in [0.25, 0.3) is 21.8 Å². The molecule has 1 atom stereocenters. The molecule has 0 bridgehead atoms. The van der Waals surface area contributed by atoms with Crippen molar-refractivity contribution < 1.29 is 19.1 Å². The molecule has 180 valence electrons. The number of ether oxygens (including phenoxy) is 2. The van der Waals surface area contributed by atoms with Crippen LogP contribution in [0.15, 0.2) is 72.8 Å². The zero-order chi connectivity index (χ0) is 24.6. The maximum Gasteiger partial charge on any atom is 0.231 e. The molecule has 2 aliphatic heterocycles. The van der Waals surface area contributed by atoms with Crippen molar-refractivity contribution in [3.8, 4) is 33.3 Å². The van der Waals surface area contributed by atoms with Gasteiger partial charge >= 0.3 is 0 Å². The Morgan fingerprint density at radius 3 is 2.58 bits per heavy atom. The quantitative estimate of drug-likeness (QED) is 0.394. The van der Waals surface area contributed by atoms with Gasteiger partial charge in [0.1, 0.15) is 5.01 Å². The number of carbonyl (C=O) groups is 2. The normalized spacial score (nSPS) is 16.4. The van der Waals surface area contributed by atoms with Crippen molar-refractivity contribution in [1.29, 1.82) is 0 Å². The molecule has 3 aromatic carbocycles. The van der Waals surface area contributed by atoms with E-state index in [1.807, 2.05) is 48.5 Å². The molecule has 7 nitrogen and oxygen atoms in total. The summed E-state index contributed by atoms with van der Waals surface area (Å²) < 4.78 is 10.8. The van der Waals surface area contributed by atoms with Crippen LogP contribution in [0.2, 0.25) is 0 Å². The molecule has 4 aromatic rings. The third-order valence-electron chi connectivity index (χ3n) is 6.41. The number of carbonyl (C=O) groups excluding carboxylic acids is 2. The molecule has 8 heteroatoms. The number of anilines is 2. The van der Waals surface area contributed by atoms with E-state index in [9.17, 15) is 9.59 Å². The fourth-order valence-corrected chi connectivity index (χ4v) is 5.45. The summed E-state index contributed by atoms with van der Waals surface area (Å²) in [6.45, 7) is 2.56. The Balaban J connectivity index is 1.13. The number of nitrogens with one attached hydrogen (secondary N) is 1. The van der Waals surface area contributed by atoms with Crippen molar-refractivity contribution in [1.82, 2.24) is 4.98 Å². The molecule has 1 saturated heterocycles. The third-order valence-corrected chi connectivity index (χ3v) is 7.43. The highest BCUT2D eigenvalue weighted by Gasteiger charge is 2.35. The largest absolute Gasteiger partial charge is 0.454 e. The lowest BCUT2D eigenvalue weighted by Gasteiger charge is -2.17. The second kappa shape index (κ2) is 9.13. The number of hydrogen-bond acceptors (Lipinski definition) is 6. The fourth-order valence-electron chi connectivity index (χ4n) is 4.51. The van der Waals surface area contributed by atoms with Crippen LogP contribution in [0, 0.1) is 12.8 Å². The first-order valence-electron chi connectivity index (χ1n) is 11.7. The summed E-state index contributed by atoms with van der Waals surface area (Å²) in [7, 11) is 0. The molecule has 0 spiro atoms. The maximum absolute atomic E-state index is 12.9. The van der Waals surface area contributed by atoms with Crippen LogP contribution in [-0.2, 0) is 9.59 Å². The molecule has 36 heavy (non-hydrogen) atoms. The Hall–Kier alpha value is -4.17. The number of fused-ring (bicyclic) bond motifs is 1. The van der Waals surface area contributed by atoms with Gasteiger partial charge in [0.15, 0.2) is 11.5 Å². The standard InChI is InChI=1S/C28H23N3O4S/c1-17-26(30-28(36-17)19-5-3-2-4-6-19)18-7-9-21(10-8-18)29-27(33)20-13-25(32)31(15-20)22-11-12-23-24(14-22)35-16-34-23/h2-12,14,20H,13,15-16H2,1H3,(H,29,33). The van der Waals surface area contributed by atoms with Crippen molar-refractivity contribution in [2.24, 2.45) is 5.92 Å². The number of thiazole rings is 1. The highest BCUT2D eigenvalue weighted by molar-refractivity contribution is 7.15. The number of nitrogens with zero attached hydrogens (tertiary/aromatic N) is 2. The summed E-state index contributed by atoms with van der Waals surface area (Å²) >= 11 is 1.67. The van der Waals surface area contributed by atoms with Crippen molar-refractivity contribution in [2.75, 3.05) is 23.6 Å². The van der Waals surface area contributed by atoms with Crippen molar-refractivity contribution in [3.05, 3.63) is 77.7 Å². The van der Waals surface area contributed by atoms with Gasteiger partial charge in [-0.25, -0.2) is 4.98 Å². The Morgan fingerprint density at radius 1 is 1.00 bits per heavy atom. The van der Waals surface area contributed by atoms with Crippen LogP contribution >= 0.6 is 11.3 Å². The highest BCUT2D eigenvalue weighted by atomic mass is 32.1. The number of aromatic nitrogens is 1. The molecule has 1 N–H and O–H groups in total. The van der Waals surface area contributed by atoms with Gasteiger partial charge in [-0.3, -0.25) is 9.59 Å². The van der Waals surface area contributed by atoms with Gasteiger partial charge in [0, 0.05) is 46.4 Å². The highest BCUT2D eigenvalue weighted by Crippen LogP contribution is 2.37. The van der Waals surface area contributed by atoms with E-state index in [1.165, 1.54) is 0 Å². The molecule has 3 heterocycles. The van der Waals surface area contributed by atoms with Crippen LogP contribution in [0.4, 0.5) is 11.4 Å². The number of benzene rings is 3. The van der Waals surface area contributed by atoms with E-state index >= 15 is 0 Å². The van der Waals surface area contributed by atoms with Crippen LogP contribution in [0.3, 0.4) is 0 Å². The third kappa shape index (κ3) is 4.20. The smallest absolute Gasteiger partial charge is 0.231 e. The van der Waals surface area contributed by atoms with Gasteiger partial charge in [-0.15, -0.1) is 11.3 Å². The van der Waals surface area contributed by atoms with Crippen LogP contribution < -0.4 is 19.7 Å². The SMILES string of the molecule is Cc1sc(-c2ccccc2)nc1-c1ccc(NC(=O)C2CC(=O)N(c3ccc4c(c3)OCO4)C2)cc1. The predicted octanol–water partition coefficient (Wildman–Crippen LogP) is 5.51. The summed E-state index contributed by atoms with van der Waals surface area (Å²) in [5.41, 5.74) is 4.43. The summed E-state index contributed by atoms with van der Waals surface area (Å²) in [4.78, 5) is 33.2. The number of rotatable bonds is 5. The molecule has 1 aromatic heterocycles. The first kappa shape index (κ1) is 22.3. The molecule has 1 fully saturated rings. The first-order valence-corrected chi connectivity index (χ1v) is 12.5. The summed E-state index contributed by atoms with van der Waals surface area (Å²) in [5.74, 6) is 0.580. The van der Waals surface area contributed by atoms with E-state index in [1.54, 1.807) is 28.4 Å². The Bertz CT molecular complexity index is 1450. The maximum atomic E-state index is 12.9. The lowest BCUT2D eigenvalue weighted by atomic mass is 10.1. The van der Waals surface area contributed by atoms with Gasteiger partial charge < -0.3 is 19.7 Å². The van der Waals surface area contributed by atoms with E-state index in [-0.39, 0.29) is 25.0 Å². The molecule has 0 aliphatic carbocycles. The first-order chi connectivity index (χ1) is 17.5. The Labute approximate surface area is 212 Å². The van der Waals surface area contributed by atoms with E-state index < -0.39 is 5.92 Å². The number of hydrogen-bond donors (Lipinski definition) is 1. The molecule has 2 amide bonds. The average Bonchev–Trinajstić information content (AvgIpc) is 3.63. The van der Waals surface area contributed by atoms with Crippen molar-refractivity contribution >= 4 is 34.5 Å². The van der Waals surface area contributed by atoms with Gasteiger partial charge in [0.05, 0.1) is 11.6 Å². The average molecular weight is 498 g/mol. The second-order valence-corrected chi connectivity index (χ2v) is 10.0. The van der Waals surface area contributed by atoms with E-state index in [0.717, 1.165) is 26.7 Å². The molecule has 2 aliphatic rings. The lowest BCUT2D eigenvalue weighted by molar-refractivity contribution is -0.122. The summed E-state index contributed by atoms with van der Waals surface area (Å²) in [5, 5.41) is 3.95. The minimum absolute atomic E-state index is 0.0856. The minimum Gasteiger partial charge on any atom is -0.454 e. The fraction of sp³-hybridized carbons (Fsp3) is 0.179. The van der Waals surface area contributed by atoms with E-state index in [4.69, 9.17) is 14.5 Å². The second-order valence-electron chi connectivity index (χ2n) is 8.80. The van der Waals surface area contributed by atoms with Gasteiger partial charge in [-0.2, -0.15) is 0 Å². The van der Waals surface area contributed by atoms with Crippen molar-refractivity contribution in [3.63, 3.8) is 0 Å². The number of aryl methyl sites for hydroxylation is 1. The molecule has 1 unspecified atom stereocenters. The van der Waals surface area contributed by atoms with Gasteiger partial charge in [-0.05, 0) is 31.2 Å². The molecule has 0 saturated carbocycles. The summed E-state index contributed by atoms with van der Waals surface area (Å²) in [6, 6.07) is 23.2. The van der Waals surface area contributed by atoms with E-state index in [2.05, 4.69) is 24.4 Å². The Kier molecular flexibility index (Phi) is 5.65. The van der Waals surface area contributed by atoms with Crippen molar-refractivity contribution in [2.45, 2.75) is 13.3 Å². The van der Waals surface area contributed by atoms with Crippen LogP contribution in [0.5, 0.6) is 11.5 Å². The zero-order valence-electron chi connectivity index (χ0n) is 19.6. The topological polar surface area (TPSA) is 80.8 Å². The van der Waals surface area contributed by atoms with E-state index in [0.29, 0.717) is 29.4 Å². The molecular weight excluding hydrogens is 474 g/mol. The summed E-state index contributed by atoms with van der Waals surface area (Å²) in [6.07, 6.45) is 0.165. The van der Waals surface area contributed by atoms with Crippen LogP contribution in [-0.4, -0.2) is 30.1 Å². The molecular formula is C28H23N3O4S. The molecule has 6 rings (SSSR count). The van der Waals surface area contributed by atoms with Gasteiger partial charge in [0.25, 0.3) is 0 Å².